The monoisotopic (exact) mass is 936 g/mol. The molecule has 16 nitrogen and oxygen atoms in total. The molecule has 1 aliphatic heterocycles. The van der Waals surface area contributed by atoms with Crippen molar-refractivity contribution in [1.82, 2.24) is 25.8 Å². The lowest BCUT2D eigenvalue weighted by Crippen LogP contribution is -2.53. The minimum Gasteiger partial charge on any atom is -0.507 e. The van der Waals surface area contributed by atoms with Crippen LogP contribution in [0.5, 0.6) is 11.5 Å². The van der Waals surface area contributed by atoms with Crippen LogP contribution in [-0.4, -0.2) is 123 Å². The number of aromatic hydroxyl groups is 2. The summed E-state index contributed by atoms with van der Waals surface area (Å²) in [5.41, 5.74) is 1.07. The number of aliphatic hydroxyl groups is 2. The van der Waals surface area contributed by atoms with E-state index in [9.17, 15) is 54.0 Å². The van der Waals surface area contributed by atoms with Crippen LogP contribution in [0, 0.1) is 5.92 Å². The van der Waals surface area contributed by atoms with E-state index in [4.69, 9.17) is 0 Å². The fourth-order valence-electron chi connectivity index (χ4n) is 8.31. The fourth-order valence-corrected chi connectivity index (χ4v) is 8.31. The standard InChI is InChI=1S/C51H77N5O11/c1-7-8-9-10-11-12-13-14-15-16-17-18-19-20-46(63)55(5)41(32-57)51(67)53-35(4)42(59)25-26-47(64)56(6)48-37-22-24-44(61)39(30-37)38-28-36(21-23-43(38)60)29-40(50(66)52-31-34(3)58)54-49(65)33(2)27-45(48)62/h21-24,28,30,33-35,40-41,48,57-58,60-61H,7-20,25-27,29,31-32H2,1-6H3,(H,52,66)(H,53,67)(H,54,65)/t33-,34-,35-,40+,41-,48+/m1/s1. The molecule has 1 aliphatic rings. The number of carbonyl (C=O) groups is 7. The number of fused-ring (bicyclic) bond motifs is 5. The molecule has 0 unspecified atom stereocenters. The first-order chi connectivity index (χ1) is 31.9. The smallest absolute Gasteiger partial charge is 0.245 e. The first kappa shape index (κ1) is 56.0. The van der Waals surface area contributed by atoms with Crippen molar-refractivity contribution >= 4 is 41.1 Å². The molecule has 7 N–H and O–H groups in total. The highest BCUT2D eigenvalue weighted by atomic mass is 16.3. The highest BCUT2D eigenvalue weighted by Gasteiger charge is 2.34. The third kappa shape index (κ3) is 18.0. The molecular formula is C51H77N5O11. The molecule has 0 aliphatic carbocycles. The Hall–Kier alpha value is -5.35. The molecule has 372 valence electrons. The molecule has 1 heterocycles. The van der Waals surface area contributed by atoms with E-state index in [1.165, 1.54) is 122 Å². The summed E-state index contributed by atoms with van der Waals surface area (Å²) in [5.74, 6) is -5.34. The number of phenols is 2. The van der Waals surface area contributed by atoms with Crippen molar-refractivity contribution in [2.45, 2.75) is 174 Å². The maximum absolute atomic E-state index is 14.2. The SMILES string of the molecule is CCCCCCCCCCCCCCCC(=O)N(C)[C@H](CO)C(=O)N[C@H](C)C(=O)CCC(=O)N(C)[C@@H]1C(=O)C[C@@H](C)C(=O)N[C@H](C(=O)NC[C@@H](C)O)Cc2ccc(O)c(c2)-c2cc1ccc2O. The van der Waals surface area contributed by atoms with E-state index < -0.39 is 78.0 Å². The van der Waals surface area contributed by atoms with E-state index in [1.807, 2.05) is 0 Å². The van der Waals surface area contributed by atoms with E-state index in [1.54, 1.807) is 12.1 Å². The molecule has 16 heteroatoms. The van der Waals surface area contributed by atoms with Gasteiger partial charge in [-0.25, -0.2) is 0 Å². The molecule has 67 heavy (non-hydrogen) atoms. The third-order valence-corrected chi connectivity index (χ3v) is 12.6. The average molecular weight is 936 g/mol. The number of ketones is 2. The Labute approximate surface area is 396 Å². The number of aliphatic hydroxyl groups excluding tert-OH is 2. The third-order valence-electron chi connectivity index (χ3n) is 12.6. The number of hydrogen-bond acceptors (Lipinski definition) is 11. The molecule has 6 atom stereocenters. The number of carbonyl (C=O) groups excluding carboxylic acids is 7. The van der Waals surface area contributed by atoms with Gasteiger partial charge < -0.3 is 46.2 Å². The van der Waals surface area contributed by atoms with Gasteiger partial charge in [-0.2, -0.15) is 0 Å². The molecule has 0 saturated heterocycles. The molecule has 0 aromatic heterocycles. The minimum atomic E-state index is -1.31. The Morgan fingerprint density at radius 3 is 1.91 bits per heavy atom. The van der Waals surface area contributed by atoms with Crippen molar-refractivity contribution in [2.24, 2.45) is 5.92 Å². The number of Topliss-reactive ketones (excluding diaryl/α,β-unsaturated/α-hetero) is 2. The quantitative estimate of drug-likeness (QED) is 0.0577. The fraction of sp³-hybridized carbons (Fsp3) is 0.627. The van der Waals surface area contributed by atoms with E-state index >= 15 is 0 Å². The van der Waals surface area contributed by atoms with Gasteiger partial charge in [0.2, 0.25) is 29.5 Å². The van der Waals surface area contributed by atoms with Crippen molar-refractivity contribution in [2.75, 3.05) is 27.2 Å². The normalized spacial score (nSPS) is 17.6. The first-order valence-corrected chi connectivity index (χ1v) is 24.3. The number of phenolic OH excluding ortho intramolecular Hbond substituents is 2. The van der Waals surface area contributed by atoms with Crippen LogP contribution in [0.1, 0.15) is 154 Å². The highest BCUT2D eigenvalue weighted by Crippen LogP contribution is 2.39. The summed E-state index contributed by atoms with van der Waals surface area (Å²) in [4.78, 5) is 96.6. The number of rotatable bonds is 26. The maximum Gasteiger partial charge on any atom is 0.245 e. The van der Waals surface area contributed by atoms with E-state index in [0.717, 1.165) is 24.2 Å². The van der Waals surface area contributed by atoms with Crippen molar-refractivity contribution < 1.29 is 54.0 Å². The van der Waals surface area contributed by atoms with Crippen molar-refractivity contribution in [3.63, 3.8) is 0 Å². The summed E-state index contributed by atoms with van der Waals surface area (Å²) >= 11 is 0. The molecule has 2 aromatic carbocycles. The Bertz CT molecular complexity index is 1970. The average Bonchev–Trinajstić information content (AvgIpc) is 3.29. The molecule has 5 amide bonds. The van der Waals surface area contributed by atoms with Crippen LogP contribution < -0.4 is 16.0 Å². The summed E-state index contributed by atoms with van der Waals surface area (Å²) in [5, 5.41) is 49.6. The van der Waals surface area contributed by atoms with Gasteiger partial charge in [0.1, 0.15) is 29.6 Å². The lowest BCUT2D eigenvalue weighted by Gasteiger charge is -2.30. The largest absolute Gasteiger partial charge is 0.507 e. The Kier molecular flexibility index (Phi) is 24.0. The van der Waals surface area contributed by atoms with Gasteiger partial charge in [-0.1, -0.05) is 103 Å². The molecule has 3 rings (SSSR count). The van der Waals surface area contributed by atoms with Crippen LogP contribution in [0.25, 0.3) is 11.1 Å². The number of hydrogen-bond donors (Lipinski definition) is 7. The lowest BCUT2D eigenvalue weighted by molar-refractivity contribution is -0.142. The van der Waals surface area contributed by atoms with Crippen LogP contribution in [-0.2, 0) is 40.0 Å². The highest BCUT2D eigenvalue weighted by molar-refractivity contribution is 5.97. The van der Waals surface area contributed by atoms with Gasteiger partial charge in [-0.3, -0.25) is 33.6 Å². The lowest BCUT2D eigenvalue weighted by atomic mass is 9.89. The number of nitrogens with zero attached hydrogens (tertiary/aromatic N) is 2. The molecule has 0 saturated carbocycles. The minimum absolute atomic E-state index is 0.0228. The van der Waals surface area contributed by atoms with Crippen LogP contribution in [0.3, 0.4) is 0 Å². The topological polar surface area (TPSA) is 243 Å². The maximum atomic E-state index is 14.2. The Balaban J connectivity index is 1.64. The summed E-state index contributed by atoms with van der Waals surface area (Å²) < 4.78 is 0. The second kappa shape index (κ2) is 28.7. The van der Waals surface area contributed by atoms with Crippen LogP contribution in [0.15, 0.2) is 36.4 Å². The molecule has 2 aromatic rings. The predicted molar refractivity (Wildman–Crippen MR) is 256 cm³/mol. The number of likely N-dealkylation sites (N-methyl/N-ethyl adjacent to an activating group) is 2. The molecule has 4 bridgehead atoms. The number of amides is 5. The predicted octanol–water partition coefficient (Wildman–Crippen LogP) is 5.55. The van der Waals surface area contributed by atoms with Gasteiger partial charge in [-0.15, -0.1) is 0 Å². The van der Waals surface area contributed by atoms with Crippen LogP contribution in [0.2, 0.25) is 0 Å². The number of benzene rings is 2. The molecular weight excluding hydrogens is 859 g/mol. The number of unbranched alkanes of at least 4 members (excludes halogenated alkanes) is 12. The van der Waals surface area contributed by atoms with Crippen LogP contribution in [0.4, 0.5) is 0 Å². The van der Waals surface area contributed by atoms with E-state index in [2.05, 4.69) is 22.9 Å². The van der Waals surface area contributed by atoms with Crippen molar-refractivity contribution in [1.29, 1.82) is 0 Å². The van der Waals surface area contributed by atoms with Gasteiger partial charge in [0.25, 0.3) is 0 Å². The second-order valence-corrected chi connectivity index (χ2v) is 18.4. The van der Waals surface area contributed by atoms with Gasteiger partial charge in [0.15, 0.2) is 11.6 Å². The Morgan fingerprint density at radius 2 is 1.33 bits per heavy atom. The van der Waals surface area contributed by atoms with E-state index in [-0.39, 0.29) is 72.7 Å². The van der Waals surface area contributed by atoms with Gasteiger partial charge in [0, 0.05) is 69.8 Å². The zero-order chi connectivity index (χ0) is 49.6. The van der Waals surface area contributed by atoms with Gasteiger partial charge in [-0.05, 0) is 55.7 Å². The van der Waals surface area contributed by atoms with Gasteiger partial charge in [0.05, 0.1) is 18.8 Å². The molecule has 0 fully saturated rings. The molecule has 0 radical (unpaired) electrons. The summed E-state index contributed by atoms with van der Waals surface area (Å²) in [7, 11) is 2.82. The van der Waals surface area contributed by atoms with Crippen molar-refractivity contribution in [3.8, 4) is 22.6 Å². The van der Waals surface area contributed by atoms with Gasteiger partial charge >= 0.3 is 0 Å². The summed E-state index contributed by atoms with van der Waals surface area (Å²) in [6.07, 6.45) is 13.5. The van der Waals surface area contributed by atoms with Crippen LogP contribution >= 0.6 is 0 Å². The first-order valence-electron chi connectivity index (χ1n) is 24.3. The Morgan fingerprint density at radius 1 is 0.761 bits per heavy atom. The molecule has 0 spiro atoms. The zero-order valence-electron chi connectivity index (χ0n) is 40.6. The van der Waals surface area contributed by atoms with Crippen molar-refractivity contribution in [3.05, 3.63) is 47.5 Å². The number of nitrogens with one attached hydrogen (secondary N) is 3. The van der Waals surface area contributed by atoms with E-state index in [0.29, 0.717) is 12.0 Å². The zero-order valence-corrected chi connectivity index (χ0v) is 40.6. The summed E-state index contributed by atoms with van der Waals surface area (Å²) in [6, 6.07) is 3.97. The summed E-state index contributed by atoms with van der Waals surface area (Å²) in [6.45, 7) is 5.93. The second-order valence-electron chi connectivity index (χ2n) is 18.4.